The third-order valence-electron chi connectivity index (χ3n) is 4.42. The van der Waals surface area contributed by atoms with Crippen molar-refractivity contribution in [3.63, 3.8) is 0 Å². The van der Waals surface area contributed by atoms with Crippen molar-refractivity contribution in [3.05, 3.63) is 29.8 Å². The van der Waals surface area contributed by atoms with Crippen molar-refractivity contribution < 1.29 is 9.84 Å². The summed E-state index contributed by atoms with van der Waals surface area (Å²) in [6, 6.07) is 8.04. The topological polar surface area (TPSA) is 35.9 Å². The molecule has 4 nitrogen and oxygen atoms in total. The van der Waals surface area contributed by atoms with Crippen LogP contribution in [-0.2, 0) is 0 Å². The molecule has 0 aliphatic carbocycles. The van der Waals surface area contributed by atoms with E-state index in [1.54, 1.807) is 7.11 Å². The summed E-state index contributed by atoms with van der Waals surface area (Å²) in [6.45, 7) is 4.66. The number of likely N-dealkylation sites (N-methyl/N-ethyl adjacent to an activating group) is 1. The second kappa shape index (κ2) is 8.37. The van der Waals surface area contributed by atoms with Gasteiger partial charge in [-0.1, -0.05) is 18.6 Å². The minimum absolute atomic E-state index is 0.0562. The number of hydrogen-bond donors (Lipinski definition) is 1. The van der Waals surface area contributed by atoms with Gasteiger partial charge in [-0.05, 0) is 50.7 Å². The minimum Gasteiger partial charge on any atom is -0.497 e. The van der Waals surface area contributed by atoms with E-state index >= 15 is 0 Å². The zero-order valence-electron chi connectivity index (χ0n) is 13.3. The Balaban J connectivity index is 1.88. The summed E-state index contributed by atoms with van der Waals surface area (Å²) in [5.41, 5.74) is 1.14. The highest BCUT2D eigenvalue weighted by Gasteiger charge is 2.17. The summed E-state index contributed by atoms with van der Waals surface area (Å²) in [6.07, 6.45) is 4.02. The predicted octanol–water partition coefficient (Wildman–Crippen LogP) is 2.15. The van der Waals surface area contributed by atoms with Crippen LogP contribution in [0.5, 0.6) is 5.75 Å². The quantitative estimate of drug-likeness (QED) is 0.835. The second-order valence-corrected chi connectivity index (χ2v) is 5.85. The summed E-state index contributed by atoms with van der Waals surface area (Å²) in [4.78, 5) is 4.78. The maximum absolute atomic E-state index is 9.73. The Morgan fingerprint density at radius 2 is 1.86 bits per heavy atom. The minimum atomic E-state index is 0.0562. The van der Waals surface area contributed by atoms with E-state index in [-0.39, 0.29) is 12.6 Å². The first-order valence-electron chi connectivity index (χ1n) is 7.92. The molecule has 0 amide bonds. The number of methoxy groups -OCH3 is 1. The zero-order valence-corrected chi connectivity index (χ0v) is 13.3. The molecule has 1 atom stereocenters. The molecular formula is C17H28N2O2. The predicted molar refractivity (Wildman–Crippen MR) is 85.7 cm³/mol. The van der Waals surface area contributed by atoms with E-state index in [1.807, 2.05) is 24.3 Å². The maximum atomic E-state index is 9.73. The fraction of sp³-hybridized carbons (Fsp3) is 0.647. The highest BCUT2D eigenvalue weighted by molar-refractivity contribution is 5.29. The van der Waals surface area contributed by atoms with Gasteiger partial charge in [0, 0.05) is 13.1 Å². The fourth-order valence-electron chi connectivity index (χ4n) is 2.96. The van der Waals surface area contributed by atoms with Crippen LogP contribution in [0, 0.1) is 0 Å². The molecule has 1 aliphatic rings. The standard InChI is InChI=1S/C17H28N2O2/c1-18(12-13-19-10-4-3-5-11-19)17(14-20)15-6-8-16(21-2)9-7-15/h6-9,17,20H,3-5,10-14H2,1-2H3. The van der Waals surface area contributed by atoms with Gasteiger partial charge >= 0.3 is 0 Å². The van der Waals surface area contributed by atoms with Gasteiger partial charge in [-0.2, -0.15) is 0 Å². The van der Waals surface area contributed by atoms with Crippen LogP contribution in [0.3, 0.4) is 0 Å². The average Bonchev–Trinajstić information content (AvgIpc) is 2.55. The van der Waals surface area contributed by atoms with E-state index < -0.39 is 0 Å². The lowest BCUT2D eigenvalue weighted by molar-refractivity contribution is 0.125. The van der Waals surface area contributed by atoms with Gasteiger partial charge in [-0.25, -0.2) is 0 Å². The SMILES string of the molecule is COc1ccc(C(CO)N(C)CCN2CCCCC2)cc1. The monoisotopic (exact) mass is 292 g/mol. The van der Waals surface area contributed by atoms with Gasteiger partial charge in [0.1, 0.15) is 5.75 Å². The number of rotatable bonds is 7. The lowest BCUT2D eigenvalue weighted by atomic mass is 10.1. The number of benzene rings is 1. The van der Waals surface area contributed by atoms with Gasteiger partial charge < -0.3 is 14.7 Å². The van der Waals surface area contributed by atoms with E-state index in [1.165, 1.54) is 32.4 Å². The lowest BCUT2D eigenvalue weighted by Gasteiger charge is -2.31. The average molecular weight is 292 g/mol. The van der Waals surface area contributed by atoms with Crippen LogP contribution >= 0.6 is 0 Å². The molecule has 1 aromatic carbocycles. The lowest BCUT2D eigenvalue weighted by Crippen LogP contribution is -2.38. The molecule has 4 heteroatoms. The van der Waals surface area contributed by atoms with Gasteiger partial charge in [0.2, 0.25) is 0 Å². The van der Waals surface area contributed by atoms with Crippen molar-refractivity contribution >= 4 is 0 Å². The molecule has 1 fully saturated rings. The molecule has 2 rings (SSSR count). The number of nitrogens with zero attached hydrogens (tertiary/aromatic N) is 2. The smallest absolute Gasteiger partial charge is 0.118 e. The van der Waals surface area contributed by atoms with Crippen LogP contribution in [-0.4, -0.2) is 61.8 Å². The molecule has 1 saturated heterocycles. The summed E-state index contributed by atoms with van der Waals surface area (Å²) < 4.78 is 5.19. The first-order valence-corrected chi connectivity index (χ1v) is 7.92. The third-order valence-corrected chi connectivity index (χ3v) is 4.42. The van der Waals surface area contributed by atoms with E-state index in [0.717, 1.165) is 24.4 Å². The fourth-order valence-corrected chi connectivity index (χ4v) is 2.96. The van der Waals surface area contributed by atoms with E-state index in [0.29, 0.717) is 0 Å². The molecule has 1 N–H and O–H groups in total. The first-order chi connectivity index (χ1) is 10.2. The molecule has 0 spiro atoms. The van der Waals surface area contributed by atoms with Crippen LogP contribution in [0.15, 0.2) is 24.3 Å². The van der Waals surface area contributed by atoms with Gasteiger partial charge in [0.15, 0.2) is 0 Å². The highest BCUT2D eigenvalue weighted by atomic mass is 16.5. The van der Waals surface area contributed by atoms with Gasteiger partial charge in [0.25, 0.3) is 0 Å². The normalized spacial score (nSPS) is 17.9. The number of ether oxygens (including phenoxy) is 1. The van der Waals surface area contributed by atoms with Crippen LogP contribution in [0.4, 0.5) is 0 Å². The number of piperidine rings is 1. The summed E-state index contributed by atoms with van der Waals surface area (Å²) in [5.74, 6) is 0.853. The van der Waals surface area contributed by atoms with E-state index in [9.17, 15) is 5.11 Å². The zero-order chi connectivity index (χ0) is 15.1. The van der Waals surface area contributed by atoms with Crippen molar-refractivity contribution in [1.29, 1.82) is 0 Å². The Bertz CT molecular complexity index is 402. The number of aliphatic hydroxyl groups excluding tert-OH is 1. The van der Waals surface area contributed by atoms with Crippen LogP contribution in [0.1, 0.15) is 30.9 Å². The molecule has 0 radical (unpaired) electrons. The molecule has 1 aromatic rings. The van der Waals surface area contributed by atoms with Crippen molar-refractivity contribution in [3.8, 4) is 5.75 Å². The second-order valence-electron chi connectivity index (χ2n) is 5.85. The first kappa shape index (κ1) is 16.3. The Morgan fingerprint density at radius 1 is 1.19 bits per heavy atom. The van der Waals surface area contributed by atoms with E-state index in [4.69, 9.17) is 4.74 Å². The van der Waals surface area contributed by atoms with Crippen LogP contribution < -0.4 is 4.74 Å². The van der Waals surface area contributed by atoms with Crippen molar-refractivity contribution in [2.75, 3.05) is 46.9 Å². The third kappa shape index (κ3) is 4.70. The van der Waals surface area contributed by atoms with Crippen molar-refractivity contribution in [1.82, 2.24) is 9.80 Å². The number of aliphatic hydroxyl groups is 1. The summed E-state index contributed by atoms with van der Waals surface area (Å²) in [7, 11) is 3.76. The molecule has 1 unspecified atom stereocenters. The molecule has 21 heavy (non-hydrogen) atoms. The Kier molecular flexibility index (Phi) is 6.49. The van der Waals surface area contributed by atoms with E-state index in [2.05, 4.69) is 16.8 Å². The maximum Gasteiger partial charge on any atom is 0.118 e. The summed E-state index contributed by atoms with van der Waals surface area (Å²) >= 11 is 0. The molecule has 1 aliphatic heterocycles. The Labute approximate surface area is 128 Å². The highest BCUT2D eigenvalue weighted by Crippen LogP contribution is 2.21. The van der Waals surface area contributed by atoms with Gasteiger partial charge in [-0.15, -0.1) is 0 Å². The summed E-state index contributed by atoms with van der Waals surface area (Å²) in [5, 5.41) is 9.73. The van der Waals surface area contributed by atoms with Crippen molar-refractivity contribution in [2.24, 2.45) is 0 Å². The molecule has 118 valence electrons. The van der Waals surface area contributed by atoms with Gasteiger partial charge in [-0.3, -0.25) is 4.90 Å². The molecule has 0 bridgehead atoms. The van der Waals surface area contributed by atoms with Crippen LogP contribution in [0.2, 0.25) is 0 Å². The number of hydrogen-bond acceptors (Lipinski definition) is 4. The van der Waals surface area contributed by atoms with Crippen molar-refractivity contribution in [2.45, 2.75) is 25.3 Å². The molecule has 0 saturated carbocycles. The Morgan fingerprint density at radius 3 is 2.43 bits per heavy atom. The van der Waals surface area contributed by atoms with Crippen LogP contribution in [0.25, 0.3) is 0 Å². The molecular weight excluding hydrogens is 264 g/mol. The molecule has 0 aromatic heterocycles. The largest absolute Gasteiger partial charge is 0.497 e. The number of likely N-dealkylation sites (tertiary alicyclic amines) is 1. The van der Waals surface area contributed by atoms with Gasteiger partial charge in [0.05, 0.1) is 19.8 Å². The molecule has 1 heterocycles. The Hall–Kier alpha value is -1.10.